The van der Waals surface area contributed by atoms with Crippen LogP contribution in [0.15, 0.2) is 9.64 Å². The first kappa shape index (κ1) is 14.9. The van der Waals surface area contributed by atoms with E-state index in [9.17, 15) is 0 Å². The zero-order valence-corrected chi connectivity index (χ0v) is 13.1. The van der Waals surface area contributed by atoms with E-state index in [0.29, 0.717) is 11.2 Å². The Morgan fingerprint density at radius 3 is 2.74 bits per heavy atom. The first-order chi connectivity index (χ1) is 9.13. The van der Waals surface area contributed by atoms with Crippen molar-refractivity contribution in [2.45, 2.75) is 63.3 Å². The fraction of sp³-hybridized carbons (Fsp3) is 0.800. The van der Waals surface area contributed by atoms with Gasteiger partial charge in [-0.25, -0.2) is 4.98 Å². The van der Waals surface area contributed by atoms with Crippen LogP contribution < -0.4 is 5.73 Å². The molecule has 2 rings (SSSR count). The molecule has 0 bridgehead atoms. The molecule has 0 saturated heterocycles. The fourth-order valence-electron chi connectivity index (χ4n) is 2.98. The second-order valence-electron chi connectivity index (χ2n) is 5.74. The molecule has 4 heteroatoms. The third-order valence-corrected chi connectivity index (χ3v) is 5.55. The standard InChI is InChI=1S/C15H26N2OS/c1-4-5-12-6-7-13(9-16)14(8-12)19-15-17-10(2)11(3)18-15/h12-14H,4-9,16H2,1-3H3. The second kappa shape index (κ2) is 6.80. The molecule has 108 valence electrons. The molecule has 1 heterocycles. The Morgan fingerprint density at radius 1 is 1.37 bits per heavy atom. The number of nitrogens with zero attached hydrogens (tertiary/aromatic N) is 1. The van der Waals surface area contributed by atoms with E-state index < -0.39 is 0 Å². The number of thioether (sulfide) groups is 1. The summed E-state index contributed by atoms with van der Waals surface area (Å²) < 4.78 is 5.72. The Labute approximate surface area is 120 Å². The lowest BCUT2D eigenvalue weighted by molar-refractivity contribution is 0.274. The normalized spacial score (nSPS) is 27.7. The van der Waals surface area contributed by atoms with Crippen LogP contribution in [0.3, 0.4) is 0 Å². The number of aryl methyl sites for hydroxylation is 2. The largest absolute Gasteiger partial charge is 0.437 e. The molecular weight excluding hydrogens is 256 g/mol. The molecule has 1 aliphatic rings. The van der Waals surface area contributed by atoms with Crippen molar-refractivity contribution in [3.8, 4) is 0 Å². The van der Waals surface area contributed by atoms with E-state index in [-0.39, 0.29) is 0 Å². The molecule has 3 unspecified atom stereocenters. The van der Waals surface area contributed by atoms with Gasteiger partial charge in [0.05, 0.1) is 5.69 Å². The SMILES string of the molecule is CCCC1CCC(CN)C(Sc2nc(C)c(C)o2)C1. The van der Waals surface area contributed by atoms with Crippen molar-refractivity contribution in [2.75, 3.05) is 6.54 Å². The summed E-state index contributed by atoms with van der Waals surface area (Å²) in [7, 11) is 0. The number of oxazole rings is 1. The van der Waals surface area contributed by atoms with Crippen molar-refractivity contribution in [2.24, 2.45) is 17.6 Å². The minimum absolute atomic E-state index is 0.577. The van der Waals surface area contributed by atoms with Crippen LogP contribution in [0.25, 0.3) is 0 Å². The zero-order valence-electron chi connectivity index (χ0n) is 12.3. The molecule has 1 aromatic rings. The second-order valence-corrected chi connectivity index (χ2v) is 6.93. The van der Waals surface area contributed by atoms with Gasteiger partial charge in [-0.1, -0.05) is 37.9 Å². The van der Waals surface area contributed by atoms with E-state index in [2.05, 4.69) is 11.9 Å². The van der Waals surface area contributed by atoms with Crippen molar-refractivity contribution < 1.29 is 4.42 Å². The van der Waals surface area contributed by atoms with Gasteiger partial charge in [0.25, 0.3) is 5.22 Å². The smallest absolute Gasteiger partial charge is 0.256 e. The maximum atomic E-state index is 5.94. The Kier molecular flexibility index (Phi) is 5.34. The highest BCUT2D eigenvalue weighted by molar-refractivity contribution is 7.99. The molecule has 0 aromatic carbocycles. The van der Waals surface area contributed by atoms with Gasteiger partial charge in [0.15, 0.2) is 0 Å². The van der Waals surface area contributed by atoms with Gasteiger partial charge in [-0.2, -0.15) is 0 Å². The molecule has 1 saturated carbocycles. The van der Waals surface area contributed by atoms with Gasteiger partial charge in [-0.15, -0.1) is 0 Å². The molecule has 0 aliphatic heterocycles. The molecule has 19 heavy (non-hydrogen) atoms. The van der Waals surface area contributed by atoms with Crippen LogP contribution in [0, 0.1) is 25.7 Å². The van der Waals surface area contributed by atoms with Crippen molar-refractivity contribution in [1.82, 2.24) is 4.98 Å². The zero-order chi connectivity index (χ0) is 13.8. The van der Waals surface area contributed by atoms with Crippen LogP contribution in [0.2, 0.25) is 0 Å². The van der Waals surface area contributed by atoms with E-state index in [4.69, 9.17) is 10.2 Å². The molecule has 3 atom stereocenters. The number of rotatable bonds is 5. The van der Waals surface area contributed by atoms with Crippen LogP contribution in [0.4, 0.5) is 0 Å². The first-order valence-corrected chi connectivity index (χ1v) is 8.32. The monoisotopic (exact) mass is 282 g/mol. The average Bonchev–Trinajstić information content (AvgIpc) is 2.69. The van der Waals surface area contributed by atoms with Crippen LogP contribution >= 0.6 is 11.8 Å². The highest BCUT2D eigenvalue weighted by Gasteiger charge is 2.31. The van der Waals surface area contributed by atoms with Gasteiger partial charge in [0.1, 0.15) is 5.76 Å². The molecule has 1 fully saturated rings. The first-order valence-electron chi connectivity index (χ1n) is 7.44. The van der Waals surface area contributed by atoms with Crippen LogP contribution in [0.1, 0.15) is 50.5 Å². The number of aromatic nitrogens is 1. The summed E-state index contributed by atoms with van der Waals surface area (Å²) >= 11 is 1.80. The average molecular weight is 282 g/mol. The van der Waals surface area contributed by atoms with E-state index >= 15 is 0 Å². The highest BCUT2D eigenvalue weighted by atomic mass is 32.2. The lowest BCUT2D eigenvalue weighted by Gasteiger charge is -2.34. The van der Waals surface area contributed by atoms with Crippen molar-refractivity contribution in [3.05, 3.63) is 11.5 Å². The number of hydrogen-bond donors (Lipinski definition) is 1. The summed E-state index contributed by atoms with van der Waals surface area (Å²) in [6.07, 6.45) is 6.50. The molecule has 0 radical (unpaired) electrons. The number of hydrogen-bond acceptors (Lipinski definition) is 4. The Morgan fingerprint density at radius 2 is 2.16 bits per heavy atom. The lowest BCUT2D eigenvalue weighted by atomic mass is 9.80. The third kappa shape index (κ3) is 3.76. The van der Waals surface area contributed by atoms with Gasteiger partial charge in [0.2, 0.25) is 0 Å². The highest BCUT2D eigenvalue weighted by Crippen LogP contribution is 2.40. The molecular formula is C15H26N2OS. The molecule has 1 aromatic heterocycles. The van der Waals surface area contributed by atoms with E-state index in [1.807, 2.05) is 13.8 Å². The maximum absolute atomic E-state index is 5.94. The quantitative estimate of drug-likeness (QED) is 0.889. The molecule has 0 amide bonds. The summed E-state index contributed by atoms with van der Waals surface area (Å²) in [5.41, 5.74) is 6.94. The van der Waals surface area contributed by atoms with Crippen molar-refractivity contribution in [1.29, 1.82) is 0 Å². The summed E-state index contributed by atoms with van der Waals surface area (Å²) in [5, 5.41) is 1.41. The number of nitrogens with two attached hydrogens (primary N) is 1. The third-order valence-electron chi connectivity index (χ3n) is 4.30. The van der Waals surface area contributed by atoms with Gasteiger partial charge < -0.3 is 10.2 Å². The summed E-state index contributed by atoms with van der Waals surface area (Å²) in [4.78, 5) is 4.50. The summed E-state index contributed by atoms with van der Waals surface area (Å²) in [6.45, 7) is 7.05. The van der Waals surface area contributed by atoms with Gasteiger partial charge in [-0.3, -0.25) is 0 Å². The van der Waals surface area contributed by atoms with Crippen LogP contribution in [-0.2, 0) is 0 Å². The minimum atomic E-state index is 0.577. The predicted molar refractivity (Wildman–Crippen MR) is 80.4 cm³/mol. The Balaban J connectivity index is 2.01. The van der Waals surface area contributed by atoms with Crippen molar-refractivity contribution >= 4 is 11.8 Å². The topological polar surface area (TPSA) is 52.0 Å². The molecule has 1 aliphatic carbocycles. The van der Waals surface area contributed by atoms with E-state index in [1.54, 1.807) is 11.8 Å². The summed E-state index contributed by atoms with van der Waals surface area (Å²) in [6, 6.07) is 0. The molecule has 0 spiro atoms. The van der Waals surface area contributed by atoms with Gasteiger partial charge in [0, 0.05) is 5.25 Å². The minimum Gasteiger partial charge on any atom is -0.437 e. The summed E-state index contributed by atoms with van der Waals surface area (Å²) in [5.74, 6) is 2.42. The Bertz CT molecular complexity index is 385. The van der Waals surface area contributed by atoms with E-state index in [0.717, 1.165) is 29.1 Å². The van der Waals surface area contributed by atoms with Gasteiger partial charge >= 0.3 is 0 Å². The maximum Gasteiger partial charge on any atom is 0.256 e. The fourth-order valence-corrected chi connectivity index (χ4v) is 4.41. The van der Waals surface area contributed by atoms with E-state index in [1.165, 1.54) is 32.1 Å². The van der Waals surface area contributed by atoms with Crippen LogP contribution in [0.5, 0.6) is 0 Å². The lowest BCUT2D eigenvalue weighted by Crippen LogP contribution is -2.32. The Hall–Kier alpha value is -0.480. The van der Waals surface area contributed by atoms with Crippen molar-refractivity contribution in [3.63, 3.8) is 0 Å². The van der Waals surface area contributed by atoms with Gasteiger partial charge in [-0.05, 0) is 45.1 Å². The van der Waals surface area contributed by atoms with Crippen LogP contribution in [-0.4, -0.2) is 16.8 Å². The predicted octanol–water partition coefficient (Wildman–Crippen LogP) is 3.93. The molecule has 2 N–H and O–H groups in total. The molecule has 3 nitrogen and oxygen atoms in total.